The second-order valence-electron chi connectivity index (χ2n) is 7.86. The summed E-state index contributed by atoms with van der Waals surface area (Å²) in [6.07, 6.45) is 5.06. The lowest BCUT2D eigenvalue weighted by Gasteiger charge is -2.32. The molecule has 0 bridgehead atoms. The third-order valence-corrected chi connectivity index (χ3v) is 6.38. The van der Waals surface area contributed by atoms with Crippen LogP contribution < -0.4 is 5.32 Å². The number of hydrogen-bond acceptors (Lipinski definition) is 6. The number of rotatable bonds is 8. The van der Waals surface area contributed by atoms with Gasteiger partial charge in [-0.3, -0.25) is 9.69 Å². The molecular formula is C22H26FN5O2S. The Morgan fingerprint density at radius 1 is 1.32 bits per heavy atom. The van der Waals surface area contributed by atoms with Gasteiger partial charge in [-0.05, 0) is 67.8 Å². The number of para-hydroxylation sites is 1. The van der Waals surface area contributed by atoms with E-state index in [1.165, 1.54) is 17.8 Å². The summed E-state index contributed by atoms with van der Waals surface area (Å²) in [5, 5.41) is 12.2. The first-order chi connectivity index (χ1) is 15.1. The molecule has 0 aliphatic carbocycles. The van der Waals surface area contributed by atoms with E-state index < -0.39 is 5.82 Å². The van der Waals surface area contributed by atoms with Crippen LogP contribution in [0.3, 0.4) is 0 Å². The van der Waals surface area contributed by atoms with Crippen molar-refractivity contribution >= 4 is 23.4 Å². The maximum Gasteiger partial charge on any atom is 0.224 e. The van der Waals surface area contributed by atoms with Crippen LogP contribution in [0.1, 0.15) is 31.4 Å². The largest absolute Gasteiger partial charge is 0.453 e. The second kappa shape index (κ2) is 10.1. The SMILES string of the molecule is Cn1cnnc1Sc1ccc(CN2CCC[C@H](CCC(=O)Nc3ccccc3F)C2)o1. The molecule has 3 heterocycles. The molecular weight excluding hydrogens is 417 g/mol. The minimum absolute atomic E-state index is 0.140. The fourth-order valence-corrected chi connectivity index (χ4v) is 4.56. The zero-order valence-corrected chi connectivity index (χ0v) is 18.3. The number of benzene rings is 1. The third kappa shape index (κ3) is 5.95. The zero-order chi connectivity index (χ0) is 21.6. The Hall–Kier alpha value is -2.65. The van der Waals surface area contributed by atoms with Gasteiger partial charge in [0.25, 0.3) is 0 Å². The Labute approximate surface area is 185 Å². The summed E-state index contributed by atoms with van der Waals surface area (Å²) in [5.41, 5.74) is 0.241. The first kappa shape index (κ1) is 21.6. The highest BCUT2D eigenvalue weighted by molar-refractivity contribution is 7.99. The van der Waals surface area contributed by atoms with Crippen molar-refractivity contribution in [3.05, 3.63) is 54.3 Å². The molecule has 164 valence electrons. The van der Waals surface area contributed by atoms with Crippen molar-refractivity contribution in [1.82, 2.24) is 19.7 Å². The van der Waals surface area contributed by atoms with Gasteiger partial charge >= 0.3 is 0 Å². The van der Waals surface area contributed by atoms with Gasteiger partial charge in [-0.25, -0.2) is 4.39 Å². The van der Waals surface area contributed by atoms with Crippen molar-refractivity contribution in [2.45, 2.75) is 42.5 Å². The van der Waals surface area contributed by atoms with Crippen LogP contribution in [-0.4, -0.2) is 38.7 Å². The van der Waals surface area contributed by atoms with E-state index in [0.717, 1.165) is 54.9 Å². The van der Waals surface area contributed by atoms with E-state index in [2.05, 4.69) is 20.4 Å². The maximum atomic E-state index is 13.7. The molecule has 1 aromatic carbocycles. The number of anilines is 1. The smallest absolute Gasteiger partial charge is 0.224 e. The monoisotopic (exact) mass is 443 g/mol. The summed E-state index contributed by atoms with van der Waals surface area (Å²) in [4.78, 5) is 14.6. The van der Waals surface area contributed by atoms with Gasteiger partial charge in [-0.1, -0.05) is 12.1 Å². The number of amides is 1. The fraction of sp³-hybridized carbons (Fsp3) is 0.409. The molecule has 0 radical (unpaired) electrons. The summed E-state index contributed by atoms with van der Waals surface area (Å²) in [5.74, 6) is 0.818. The molecule has 31 heavy (non-hydrogen) atoms. The van der Waals surface area contributed by atoms with Gasteiger partial charge in [0.1, 0.15) is 17.9 Å². The number of carbonyl (C=O) groups is 1. The minimum atomic E-state index is -0.408. The zero-order valence-electron chi connectivity index (χ0n) is 17.5. The van der Waals surface area contributed by atoms with E-state index >= 15 is 0 Å². The second-order valence-corrected chi connectivity index (χ2v) is 8.83. The van der Waals surface area contributed by atoms with E-state index in [-0.39, 0.29) is 11.6 Å². The Morgan fingerprint density at radius 2 is 2.19 bits per heavy atom. The Kier molecular flexibility index (Phi) is 7.03. The normalized spacial score (nSPS) is 17.0. The molecule has 2 aromatic heterocycles. The Balaban J connectivity index is 1.24. The lowest BCUT2D eigenvalue weighted by atomic mass is 9.93. The highest BCUT2D eigenvalue weighted by Crippen LogP contribution is 2.29. The lowest BCUT2D eigenvalue weighted by Crippen LogP contribution is -2.35. The Bertz CT molecular complexity index is 1020. The fourth-order valence-electron chi connectivity index (χ4n) is 3.81. The van der Waals surface area contributed by atoms with Gasteiger partial charge in [0, 0.05) is 20.0 Å². The highest BCUT2D eigenvalue weighted by atomic mass is 32.2. The summed E-state index contributed by atoms with van der Waals surface area (Å²) in [6, 6.07) is 10.2. The number of likely N-dealkylation sites (tertiary alicyclic amines) is 1. The highest BCUT2D eigenvalue weighted by Gasteiger charge is 2.22. The van der Waals surface area contributed by atoms with Gasteiger partial charge in [0.2, 0.25) is 5.91 Å². The van der Waals surface area contributed by atoms with Crippen LogP contribution in [0.15, 0.2) is 57.4 Å². The summed E-state index contributed by atoms with van der Waals surface area (Å²) in [7, 11) is 1.90. The van der Waals surface area contributed by atoms with Crippen molar-refractivity contribution < 1.29 is 13.6 Å². The first-order valence-electron chi connectivity index (χ1n) is 10.4. The molecule has 0 unspecified atom stereocenters. The predicted octanol–water partition coefficient (Wildman–Crippen LogP) is 4.33. The molecule has 1 fully saturated rings. The van der Waals surface area contributed by atoms with Crippen LogP contribution in [0.5, 0.6) is 0 Å². The van der Waals surface area contributed by atoms with Gasteiger partial charge in [-0.15, -0.1) is 10.2 Å². The number of piperidine rings is 1. The number of nitrogens with zero attached hydrogens (tertiary/aromatic N) is 4. The molecule has 0 spiro atoms. The van der Waals surface area contributed by atoms with E-state index in [9.17, 15) is 9.18 Å². The van der Waals surface area contributed by atoms with Crippen molar-refractivity contribution in [2.75, 3.05) is 18.4 Å². The number of aromatic nitrogens is 3. The van der Waals surface area contributed by atoms with Crippen LogP contribution in [0.4, 0.5) is 10.1 Å². The average molecular weight is 444 g/mol. The molecule has 4 rings (SSSR count). The minimum Gasteiger partial charge on any atom is -0.453 e. The summed E-state index contributed by atoms with van der Waals surface area (Å²) >= 11 is 1.45. The number of nitrogens with one attached hydrogen (secondary N) is 1. The summed E-state index contributed by atoms with van der Waals surface area (Å²) in [6.45, 7) is 2.70. The molecule has 1 aliphatic heterocycles. The molecule has 1 amide bonds. The van der Waals surface area contributed by atoms with Crippen LogP contribution in [-0.2, 0) is 18.4 Å². The van der Waals surface area contributed by atoms with Crippen molar-refractivity contribution in [3.8, 4) is 0 Å². The van der Waals surface area contributed by atoms with E-state index in [1.807, 2.05) is 23.7 Å². The standard InChI is InChI=1S/C22H26FN5O2S/c1-27-15-24-26-22(27)31-21-11-9-17(30-21)14-28-12-4-5-16(13-28)8-10-20(29)25-19-7-3-2-6-18(19)23/h2-3,6-7,9,11,15-16H,4-5,8,10,12-14H2,1H3,(H,25,29)/t16-/m1/s1. The van der Waals surface area contributed by atoms with Crippen LogP contribution in [0, 0.1) is 11.7 Å². The Morgan fingerprint density at radius 3 is 3.00 bits per heavy atom. The third-order valence-electron chi connectivity index (χ3n) is 5.41. The van der Waals surface area contributed by atoms with Crippen molar-refractivity contribution in [2.24, 2.45) is 13.0 Å². The predicted molar refractivity (Wildman–Crippen MR) is 116 cm³/mol. The molecule has 0 saturated carbocycles. The molecule has 1 saturated heterocycles. The van der Waals surface area contributed by atoms with Crippen LogP contribution in [0.25, 0.3) is 0 Å². The van der Waals surface area contributed by atoms with E-state index in [4.69, 9.17) is 4.42 Å². The maximum absolute atomic E-state index is 13.7. The number of aryl methyl sites for hydroxylation is 1. The van der Waals surface area contributed by atoms with Crippen molar-refractivity contribution in [3.63, 3.8) is 0 Å². The molecule has 1 atom stereocenters. The van der Waals surface area contributed by atoms with E-state index in [1.54, 1.807) is 24.5 Å². The van der Waals surface area contributed by atoms with Crippen molar-refractivity contribution in [1.29, 1.82) is 0 Å². The quantitative estimate of drug-likeness (QED) is 0.559. The first-order valence-corrected chi connectivity index (χ1v) is 11.3. The number of furan rings is 1. The van der Waals surface area contributed by atoms with Gasteiger partial charge in [0.15, 0.2) is 10.2 Å². The molecule has 1 N–H and O–H groups in total. The topological polar surface area (TPSA) is 76.2 Å². The van der Waals surface area contributed by atoms with Gasteiger partial charge in [0.05, 0.1) is 12.2 Å². The van der Waals surface area contributed by atoms with Crippen LogP contribution in [0.2, 0.25) is 0 Å². The molecule has 3 aromatic rings. The van der Waals surface area contributed by atoms with Crippen LogP contribution >= 0.6 is 11.8 Å². The van der Waals surface area contributed by atoms with Gasteiger partial charge in [-0.2, -0.15) is 0 Å². The van der Waals surface area contributed by atoms with E-state index in [0.29, 0.717) is 12.3 Å². The lowest BCUT2D eigenvalue weighted by molar-refractivity contribution is -0.116. The number of halogens is 1. The molecule has 7 nitrogen and oxygen atoms in total. The number of carbonyl (C=O) groups excluding carboxylic acids is 1. The van der Waals surface area contributed by atoms with Gasteiger partial charge < -0.3 is 14.3 Å². The average Bonchev–Trinajstić information content (AvgIpc) is 3.37. The molecule has 9 heteroatoms. The summed E-state index contributed by atoms with van der Waals surface area (Å²) < 4.78 is 21.5. The molecule has 1 aliphatic rings. The number of hydrogen-bond donors (Lipinski definition) is 1.